The van der Waals surface area contributed by atoms with Crippen molar-refractivity contribution < 1.29 is 0 Å². The lowest BCUT2D eigenvalue weighted by Crippen LogP contribution is -2.15. The van der Waals surface area contributed by atoms with Crippen LogP contribution in [0.3, 0.4) is 0 Å². The van der Waals surface area contributed by atoms with Gasteiger partial charge >= 0.3 is 0 Å². The van der Waals surface area contributed by atoms with E-state index >= 15 is 0 Å². The quantitative estimate of drug-likeness (QED) is 0.811. The zero-order valence-electron chi connectivity index (χ0n) is 10.8. The fourth-order valence-corrected chi connectivity index (χ4v) is 2.43. The summed E-state index contributed by atoms with van der Waals surface area (Å²) in [6, 6.07) is 19.2. The van der Waals surface area contributed by atoms with E-state index in [9.17, 15) is 0 Å². The lowest BCUT2D eigenvalue weighted by Gasteiger charge is -2.11. The van der Waals surface area contributed by atoms with Gasteiger partial charge in [-0.05, 0) is 16.7 Å². The van der Waals surface area contributed by atoms with Crippen molar-refractivity contribution in [2.24, 2.45) is 0 Å². The largest absolute Gasteiger partial charge is 0.291 e. The Balaban J connectivity index is 0.00000133. The summed E-state index contributed by atoms with van der Waals surface area (Å²) in [6.07, 6.45) is 4.45. The number of nitrogens with zero attached hydrogens (tertiary/aromatic N) is 1. The molecule has 0 saturated heterocycles. The monoisotopic (exact) mass is 271 g/mol. The van der Waals surface area contributed by atoms with Crippen molar-refractivity contribution in [3.05, 3.63) is 77.4 Å². The SMILES string of the molecule is C(=C\c1ccccc1)/CN1Cc2ccccc2C1.Cl. The van der Waals surface area contributed by atoms with Gasteiger partial charge in [-0.25, -0.2) is 0 Å². The van der Waals surface area contributed by atoms with E-state index in [1.54, 1.807) is 0 Å². The summed E-state index contributed by atoms with van der Waals surface area (Å²) in [6.45, 7) is 3.17. The number of halogens is 1. The normalized spacial score (nSPS) is 14.3. The van der Waals surface area contributed by atoms with Gasteiger partial charge in [0.15, 0.2) is 0 Å². The molecule has 0 saturated carbocycles. The van der Waals surface area contributed by atoms with Crippen LogP contribution in [0.5, 0.6) is 0 Å². The summed E-state index contributed by atoms with van der Waals surface area (Å²) in [4.78, 5) is 2.46. The molecule has 2 aromatic rings. The van der Waals surface area contributed by atoms with Crippen molar-refractivity contribution in [3.8, 4) is 0 Å². The molecule has 1 aliphatic heterocycles. The van der Waals surface area contributed by atoms with Crippen molar-refractivity contribution in [1.29, 1.82) is 0 Å². The van der Waals surface area contributed by atoms with Crippen LogP contribution in [0.15, 0.2) is 60.7 Å². The lowest BCUT2D eigenvalue weighted by atomic mass is 10.1. The van der Waals surface area contributed by atoms with Gasteiger partial charge in [0.05, 0.1) is 0 Å². The van der Waals surface area contributed by atoms with Crippen LogP contribution in [0.1, 0.15) is 16.7 Å². The Hall–Kier alpha value is -1.57. The molecule has 0 radical (unpaired) electrons. The van der Waals surface area contributed by atoms with Crippen LogP contribution in [0.25, 0.3) is 6.08 Å². The molecule has 1 aliphatic rings. The van der Waals surface area contributed by atoms with Gasteiger partial charge in [0.2, 0.25) is 0 Å². The maximum absolute atomic E-state index is 2.46. The van der Waals surface area contributed by atoms with Crippen molar-refractivity contribution >= 4 is 18.5 Å². The van der Waals surface area contributed by atoms with E-state index in [1.165, 1.54) is 16.7 Å². The minimum atomic E-state index is 0. The predicted octanol–water partition coefficient (Wildman–Crippen LogP) is 4.14. The van der Waals surface area contributed by atoms with E-state index < -0.39 is 0 Å². The van der Waals surface area contributed by atoms with Gasteiger partial charge in [0, 0.05) is 19.6 Å². The fourth-order valence-electron chi connectivity index (χ4n) is 2.43. The van der Waals surface area contributed by atoms with E-state index in [2.05, 4.69) is 71.6 Å². The smallest absolute Gasteiger partial charge is 0.0243 e. The Kier molecular flexibility index (Phi) is 4.78. The highest BCUT2D eigenvalue weighted by atomic mass is 35.5. The van der Waals surface area contributed by atoms with E-state index in [1.807, 2.05) is 0 Å². The van der Waals surface area contributed by atoms with Crippen molar-refractivity contribution in [2.75, 3.05) is 6.54 Å². The molecule has 1 heterocycles. The van der Waals surface area contributed by atoms with Crippen LogP contribution in [0, 0.1) is 0 Å². The Morgan fingerprint density at radius 1 is 0.842 bits per heavy atom. The summed E-state index contributed by atoms with van der Waals surface area (Å²) in [5.74, 6) is 0. The standard InChI is InChI=1S/C17H17N.ClH/c1-2-7-15(8-3-1)9-6-12-18-13-16-10-4-5-11-17(16)14-18;/h1-11H,12-14H2;1H/b9-6+;. The van der Waals surface area contributed by atoms with E-state index in [0.717, 1.165) is 19.6 Å². The third kappa shape index (κ3) is 3.46. The van der Waals surface area contributed by atoms with Crippen molar-refractivity contribution in [2.45, 2.75) is 13.1 Å². The number of rotatable bonds is 3. The Morgan fingerprint density at radius 3 is 2.05 bits per heavy atom. The maximum Gasteiger partial charge on any atom is 0.0243 e. The summed E-state index contributed by atoms with van der Waals surface area (Å²) >= 11 is 0. The lowest BCUT2D eigenvalue weighted by molar-refractivity contribution is 0.317. The maximum atomic E-state index is 2.46. The highest BCUT2D eigenvalue weighted by molar-refractivity contribution is 5.85. The summed E-state index contributed by atoms with van der Waals surface area (Å²) in [7, 11) is 0. The van der Waals surface area contributed by atoms with Crippen LogP contribution in [0.2, 0.25) is 0 Å². The number of benzene rings is 2. The average Bonchev–Trinajstić information content (AvgIpc) is 2.82. The first-order chi connectivity index (χ1) is 8.92. The molecule has 0 amide bonds. The molecule has 19 heavy (non-hydrogen) atoms. The summed E-state index contributed by atoms with van der Waals surface area (Å²) in [5, 5.41) is 0. The Bertz CT molecular complexity index is 523. The first-order valence-electron chi connectivity index (χ1n) is 6.42. The van der Waals surface area contributed by atoms with Crippen LogP contribution in [0.4, 0.5) is 0 Å². The van der Waals surface area contributed by atoms with E-state index in [-0.39, 0.29) is 12.4 Å². The third-order valence-electron chi connectivity index (χ3n) is 3.38. The molecule has 2 aromatic carbocycles. The zero-order valence-corrected chi connectivity index (χ0v) is 11.6. The zero-order chi connectivity index (χ0) is 12.2. The highest BCUT2D eigenvalue weighted by Gasteiger charge is 2.16. The van der Waals surface area contributed by atoms with Gasteiger partial charge in [0.1, 0.15) is 0 Å². The molecule has 1 nitrogen and oxygen atoms in total. The van der Waals surface area contributed by atoms with Gasteiger partial charge < -0.3 is 0 Å². The van der Waals surface area contributed by atoms with Crippen LogP contribution < -0.4 is 0 Å². The third-order valence-corrected chi connectivity index (χ3v) is 3.38. The second kappa shape index (κ2) is 6.55. The van der Waals surface area contributed by atoms with Crippen molar-refractivity contribution in [1.82, 2.24) is 4.90 Å². The van der Waals surface area contributed by atoms with Crippen LogP contribution >= 0.6 is 12.4 Å². The second-order valence-electron chi connectivity index (χ2n) is 4.75. The molecule has 0 bridgehead atoms. The minimum Gasteiger partial charge on any atom is -0.291 e. The van der Waals surface area contributed by atoms with Crippen LogP contribution in [-0.2, 0) is 13.1 Å². The number of hydrogen-bond donors (Lipinski definition) is 0. The second-order valence-corrected chi connectivity index (χ2v) is 4.75. The molecular weight excluding hydrogens is 254 g/mol. The van der Waals surface area contributed by atoms with Gasteiger partial charge in [-0.3, -0.25) is 4.90 Å². The van der Waals surface area contributed by atoms with E-state index in [0.29, 0.717) is 0 Å². The minimum absolute atomic E-state index is 0. The summed E-state index contributed by atoms with van der Waals surface area (Å²) < 4.78 is 0. The Morgan fingerprint density at radius 2 is 1.42 bits per heavy atom. The highest BCUT2D eigenvalue weighted by Crippen LogP contribution is 2.21. The molecule has 0 fully saturated rings. The molecule has 0 aromatic heterocycles. The fraction of sp³-hybridized carbons (Fsp3) is 0.176. The summed E-state index contributed by atoms with van der Waals surface area (Å²) in [5.41, 5.74) is 4.23. The van der Waals surface area contributed by atoms with Crippen LogP contribution in [-0.4, -0.2) is 11.4 Å². The molecule has 0 spiro atoms. The van der Waals surface area contributed by atoms with E-state index in [4.69, 9.17) is 0 Å². The molecule has 3 rings (SSSR count). The Labute approximate surface area is 121 Å². The van der Waals surface area contributed by atoms with Gasteiger partial charge in [-0.15, -0.1) is 12.4 Å². The molecule has 98 valence electrons. The van der Waals surface area contributed by atoms with Gasteiger partial charge in [-0.2, -0.15) is 0 Å². The van der Waals surface area contributed by atoms with Gasteiger partial charge in [-0.1, -0.05) is 66.7 Å². The van der Waals surface area contributed by atoms with Gasteiger partial charge in [0.25, 0.3) is 0 Å². The topological polar surface area (TPSA) is 3.24 Å². The van der Waals surface area contributed by atoms with Crippen molar-refractivity contribution in [3.63, 3.8) is 0 Å². The molecule has 2 heteroatoms. The average molecular weight is 272 g/mol. The number of hydrogen-bond acceptors (Lipinski definition) is 1. The first-order valence-corrected chi connectivity index (χ1v) is 6.42. The predicted molar refractivity (Wildman–Crippen MR) is 83.3 cm³/mol. The molecular formula is C17H18ClN. The molecule has 0 unspecified atom stereocenters. The molecule has 0 N–H and O–H groups in total. The molecule has 0 aliphatic carbocycles. The first kappa shape index (κ1) is 13.9. The molecule has 0 atom stereocenters. The number of fused-ring (bicyclic) bond motifs is 1.